The van der Waals surface area contributed by atoms with Crippen LogP contribution in [0.5, 0.6) is 0 Å². The molecule has 2 aromatic rings. The quantitative estimate of drug-likeness (QED) is 0.943. The summed E-state index contributed by atoms with van der Waals surface area (Å²) in [6.45, 7) is 5.01. The topological polar surface area (TPSA) is 49.4 Å². The highest BCUT2D eigenvalue weighted by atomic mass is 32.1. The number of thiophene rings is 1. The first-order chi connectivity index (χ1) is 10.5. The first kappa shape index (κ1) is 15.0. The SMILES string of the molecule is CC(C)N1CC(C(=O)NCc2ccc3sccc3c2)CC1=O. The molecule has 1 fully saturated rings. The lowest BCUT2D eigenvalue weighted by atomic mass is 10.1. The number of amides is 2. The summed E-state index contributed by atoms with van der Waals surface area (Å²) in [5, 5.41) is 6.24. The zero-order valence-corrected chi connectivity index (χ0v) is 13.7. The highest BCUT2D eigenvalue weighted by Crippen LogP contribution is 2.22. The Morgan fingerprint density at radius 3 is 2.95 bits per heavy atom. The average molecular weight is 316 g/mol. The zero-order chi connectivity index (χ0) is 15.7. The number of fused-ring (bicyclic) bond motifs is 1. The lowest BCUT2D eigenvalue weighted by Crippen LogP contribution is -2.35. The van der Waals surface area contributed by atoms with E-state index in [4.69, 9.17) is 0 Å². The lowest BCUT2D eigenvalue weighted by molar-refractivity contribution is -0.129. The van der Waals surface area contributed by atoms with Crippen LogP contribution in [0.3, 0.4) is 0 Å². The van der Waals surface area contributed by atoms with Gasteiger partial charge in [-0.15, -0.1) is 11.3 Å². The maximum Gasteiger partial charge on any atom is 0.225 e. The van der Waals surface area contributed by atoms with Crippen molar-refractivity contribution in [2.45, 2.75) is 32.9 Å². The van der Waals surface area contributed by atoms with Crippen LogP contribution in [0.1, 0.15) is 25.8 Å². The second-order valence-electron chi connectivity index (χ2n) is 6.05. The predicted molar refractivity (Wildman–Crippen MR) is 88.6 cm³/mol. The molecule has 1 aromatic heterocycles. The van der Waals surface area contributed by atoms with Crippen LogP contribution in [0, 0.1) is 5.92 Å². The molecule has 2 amide bonds. The van der Waals surface area contributed by atoms with Gasteiger partial charge in [0.1, 0.15) is 0 Å². The number of nitrogens with zero attached hydrogens (tertiary/aromatic N) is 1. The number of rotatable bonds is 4. The number of hydrogen-bond acceptors (Lipinski definition) is 3. The highest BCUT2D eigenvalue weighted by Gasteiger charge is 2.35. The monoisotopic (exact) mass is 316 g/mol. The maximum atomic E-state index is 12.3. The lowest BCUT2D eigenvalue weighted by Gasteiger charge is -2.20. The normalized spacial score (nSPS) is 18.4. The van der Waals surface area contributed by atoms with E-state index in [1.807, 2.05) is 19.9 Å². The van der Waals surface area contributed by atoms with Crippen molar-refractivity contribution in [3.8, 4) is 0 Å². The van der Waals surface area contributed by atoms with E-state index in [9.17, 15) is 9.59 Å². The molecule has 22 heavy (non-hydrogen) atoms. The van der Waals surface area contributed by atoms with Gasteiger partial charge in [-0.05, 0) is 48.4 Å². The Balaban J connectivity index is 1.59. The van der Waals surface area contributed by atoms with Gasteiger partial charge >= 0.3 is 0 Å². The van der Waals surface area contributed by atoms with Crippen LogP contribution in [0.15, 0.2) is 29.6 Å². The second kappa shape index (κ2) is 6.08. The first-order valence-corrected chi connectivity index (χ1v) is 8.46. The van der Waals surface area contributed by atoms with Gasteiger partial charge in [0, 0.05) is 30.3 Å². The molecule has 0 bridgehead atoms. The Hall–Kier alpha value is -1.88. The third-order valence-electron chi connectivity index (χ3n) is 4.14. The van der Waals surface area contributed by atoms with Gasteiger partial charge in [0.25, 0.3) is 0 Å². The third-order valence-corrected chi connectivity index (χ3v) is 5.03. The smallest absolute Gasteiger partial charge is 0.225 e. The summed E-state index contributed by atoms with van der Waals surface area (Å²) in [4.78, 5) is 25.9. The molecule has 1 aromatic carbocycles. The zero-order valence-electron chi connectivity index (χ0n) is 12.8. The molecule has 3 rings (SSSR count). The largest absolute Gasteiger partial charge is 0.352 e. The summed E-state index contributed by atoms with van der Waals surface area (Å²) in [5.41, 5.74) is 1.09. The van der Waals surface area contributed by atoms with Gasteiger partial charge in [0.05, 0.1) is 5.92 Å². The Morgan fingerprint density at radius 2 is 2.23 bits per heavy atom. The Bertz CT molecular complexity index is 708. The van der Waals surface area contributed by atoms with E-state index in [-0.39, 0.29) is 23.8 Å². The summed E-state index contributed by atoms with van der Waals surface area (Å²) in [7, 11) is 0. The molecule has 1 saturated heterocycles. The van der Waals surface area contributed by atoms with E-state index in [1.165, 1.54) is 10.1 Å². The van der Waals surface area contributed by atoms with Gasteiger partial charge in [-0.1, -0.05) is 6.07 Å². The summed E-state index contributed by atoms with van der Waals surface area (Å²) >= 11 is 1.71. The molecule has 1 aliphatic heterocycles. The van der Waals surface area contributed by atoms with E-state index in [0.29, 0.717) is 19.5 Å². The molecule has 0 aliphatic carbocycles. The third kappa shape index (κ3) is 2.99. The Kier molecular flexibility index (Phi) is 4.16. The van der Waals surface area contributed by atoms with Gasteiger partial charge in [-0.2, -0.15) is 0 Å². The fourth-order valence-electron chi connectivity index (χ4n) is 2.87. The predicted octanol–water partition coefficient (Wildman–Crippen LogP) is 2.77. The van der Waals surface area contributed by atoms with E-state index in [0.717, 1.165) is 5.56 Å². The number of hydrogen-bond donors (Lipinski definition) is 1. The molecule has 1 unspecified atom stereocenters. The van der Waals surface area contributed by atoms with Crippen molar-refractivity contribution >= 4 is 33.2 Å². The van der Waals surface area contributed by atoms with Crippen LogP contribution in [0.4, 0.5) is 0 Å². The average Bonchev–Trinajstić information content (AvgIpc) is 3.10. The van der Waals surface area contributed by atoms with E-state index >= 15 is 0 Å². The van der Waals surface area contributed by atoms with Crippen LogP contribution < -0.4 is 5.32 Å². The van der Waals surface area contributed by atoms with Gasteiger partial charge < -0.3 is 10.2 Å². The first-order valence-electron chi connectivity index (χ1n) is 7.58. The second-order valence-corrected chi connectivity index (χ2v) is 7.00. The van der Waals surface area contributed by atoms with Crippen LogP contribution in [-0.2, 0) is 16.1 Å². The van der Waals surface area contributed by atoms with E-state index < -0.39 is 0 Å². The van der Waals surface area contributed by atoms with Crippen LogP contribution in [0.25, 0.3) is 10.1 Å². The molecule has 116 valence electrons. The van der Waals surface area contributed by atoms with Gasteiger partial charge in [-0.3, -0.25) is 9.59 Å². The van der Waals surface area contributed by atoms with Gasteiger partial charge in [-0.25, -0.2) is 0 Å². The molecule has 4 nitrogen and oxygen atoms in total. The fraction of sp³-hybridized carbons (Fsp3) is 0.412. The summed E-state index contributed by atoms with van der Waals surface area (Å²) in [6, 6.07) is 8.47. The van der Waals surface area contributed by atoms with Crippen LogP contribution >= 0.6 is 11.3 Å². The molecule has 1 aliphatic rings. The van der Waals surface area contributed by atoms with Crippen molar-refractivity contribution in [3.05, 3.63) is 35.2 Å². The molecule has 1 N–H and O–H groups in total. The van der Waals surface area contributed by atoms with Crippen LogP contribution in [-0.4, -0.2) is 29.3 Å². The molecular formula is C17H20N2O2S. The van der Waals surface area contributed by atoms with Crippen molar-refractivity contribution in [3.63, 3.8) is 0 Å². The molecule has 0 radical (unpaired) electrons. The van der Waals surface area contributed by atoms with Crippen molar-refractivity contribution < 1.29 is 9.59 Å². The van der Waals surface area contributed by atoms with E-state index in [1.54, 1.807) is 16.2 Å². The summed E-state index contributed by atoms with van der Waals surface area (Å²) in [6.07, 6.45) is 0.327. The minimum atomic E-state index is -0.222. The number of benzene rings is 1. The van der Waals surface area contributed by atoms with Gasteiger partial charge in [0.2, 0.25) is 11.8 Å². The Morgan fingerprint density at radius 1 is 1.41 bits per heavy atom. The molecule has 0 spiro atoms. The fourth-order valence-corrected chi connectivity index (χ4v) is 3.64. The molecule has 1 atom stereocenters. The summed E-state index contributed by atoms with van der Waals surface area (Å²) < 4.78 is 1.25. The Labute approximate surface area is 134 Å². The number of carbonyl (C=O) groups excluding carboxylic acids is 2. The standard InChI is InChI=1S/C17H20N2O2S/c1-11(2)19-10-14(8-16(19)20)17(21)18-9-12-3-4-15-13(7-12)5-6-22-15/h3-7,11,14H,8-10H2,1-2H3,(H,18,21). The molecule has 5 heteroatoms. The van der Waals surface area contributed by atoms with Crippen molar-refractivity contribution in [2.24, 2.45) is 5.92 Å². The number of nitrogens with one attached hydrogen (secondary N) is 1. The summed E-state index contributed by atoms with van der Waals surface area (Å²) in [5.74, 6) is -0.170. The van der Waals surface area contributed by atoms with Gasteiger partial charge in [0.15, 0.2) is 0 Å². The van der Waals surface area contributed by atoms with E-state index in [2.05, 4.69) is 28.9 Å². The highest BCUT2D eigenvalue weighted by molar-refractivity contribution is 7.17. The minimum Gasteiger partial charge on any atom is -0.352 e. The molecule has 0 saturated carbocycles. The minimum absolute atomic E-state index is 0.0260. The maximum absolute atomic E-state index is 12.3. The van der Waals surface area contributed by atoms with Crippen molar-refractivity contribution in [1.29, 1.82) is 0 Å². The van der Waals surface area contributed by atoms with Crippen molar-refractivity contribution in [2.75, 3.05) is 6.54 Å². The molecule has 2 heterocycles. The van der Waals surface area contributed by atoms with Crippen molar-refractivity contribution in [1.82, 2.24) is 10.2 Å². The van der Waals surface area contributed by atoms with Crippen LogP contribution in [0.2, 0.25) is 0 Å². The number of likely N-dealkylation sites (tertiary alicyclic amines) is 1. The number of carbonyl (C=O) groups is 2. The molecular weight excluding hydrogens is 296 g/mol.